The standard InChI is InChI=1S/C14H21N3O2/c1-8(11-6-9-3-4-10(11)5-9)17-7-16-12(13(17)15)14(18)19-2/h7-11H,3-6,15H2,1-2H3. The fourth-order valence-electron chi connectivity index (χ4n) is 4.04. The molecule has 1 aromatic rings. The molecule has 2 aliphatic carbocycles. The van der Waals surface area contributed by atoms with Gasteiger partial charge >= 0.3 is 5.97 Å². The molecular weight excluding hydrogens is 242 g/mol. The maximum atomic E-state index is 11.5. The van der Waals surface area contributed by atoms with Gasteiger partial charge in [-0.1, -0.05) is 6.42 Å². The van der Waals surface area contributed by atoms with E-state index in [1.54, 1.807) is 6.33 Å². The minimum Gasteiger partial charge on any atom is -0.464 e. The van der Waals surface area contributed by atoms with Crippen LogP contribution in [0, 0.1) is 17.8 Å². The Bertz CT molecular complexity index is 497. The topological polar surface area (TPSA) is 70.1 Å². The molecule has 4 unspecified atom stereocenters. The summed E-state index contributed by atoms with van der Waals surface area (Å²) in [5.74, 6) is 2.37. The van der Waals surface area contributed by atoms with E-state index >= 15 is 0 Å². The first-order valence-electron chi connectivity index (χ1n) is 7.02. The first-order valence-corrected chi connectivity index (χ1v) is 7.02. The van der Waals surface area contributed by atoms with Crippen molar-refractivity contribution in [1.82, 2.24) is 9.55 Å². The maximum absolute atomic E-state index is 11.5. The maximum Gasteiger partial charge on any atom is 0.360 e. The van der Waals surface area contributed by atoms with Gasteiger partial charge in [-0.05, 0) is 43.9 Å². The zero-order valence-electron chi connectivity index (χ0n) is 11.5. The molecule has 1 heterocycles. The van der Waals surface area contributed by atoms with Crippen LogP contribution in [0.1, 0.15) is 49.1 Å². The summed E-state index contributed by atoms with van der Waals surface area (Å²) in [4.78, 5) is 15.6. The van der Waals surface area contributed by atoms with Gasteiger partial charge in [-0.15, -0.1) is 0 Å². The SMILES string of the molecule is COC(=O)c1ncn(C(C)C2CC3CCC2C3)c1N. The molecule has 3 rings (SSSR count). The van der Waals surface area contributed by atoms with Crippen molar-refractivity contribution >= 4 is 11.8 Å². The summed E-state index contributed by atoms with van der Waals surface area (Å²) in [5.41, 5.74) is 6.28. The molecular formula is C14H21N3O2. The first kappa shape index (κ1) is 12.5. The van der Waals surface area contributed by atoms with Gasteiger partial charge in [0.2, 0.25) is 0 Å². The molecule has 0 saturated heterocycles. The lowest BCUT2D eigenvalue weighted by molar-refractivity contribution is 0.0596. The van der Waals surface area contributed by atoms with Crippen molar-refractivity contribution in [1.29, 1.82) is 0 Å². The van der Waals surface area contributed by atoms with Crippen molar-refractivity contribution < 1.29 is 9.53 Å². The normalized spacial score (nSPS) is 30.5. The number of carbonyl (C=O) groups is 1. The van der Waals surface area contributed by atoms with Gasteiger partial charge in [0, 0.05) is 6.04 Å². The largest absolute Gasteiger partial charge is 0.464 e. The van der Waals surface area contributed by atoms with Crippen LogP contribution < -0.4 is 5.73 Å². The Labute approximate surface area is 113 Å². The molecule has 104 valence electrons. The van der Waals surface area contributed by atoms with Crippen molar-refractivity contribution in [3.8, 4) is 0 Å². The van der Waals surface area contributed by atoms with Gasteiger partial charge in [0.15, 0.2) is 5.69 Å². The van der Waals surface area contributed by atoms with Gasteiger partial charge < -0.3 is 15.0 Å². The smallest absolute Gasteiger partial charge is 0.360 e. The predicted molar refractivity (Wildman–Crippen MR) is 71.6 cm³/mol. The van der Waals surface area contributed by atoms with Gasteiger partial charge in [-0.2, -0.15) is 0 Å². The lowest BCUT2D eigenvalue weighted by Crippen LogP contribution is -2.23. The van der Waals surface area contributed by atoms with Crippen LogP contribution in [0.3, 0.4) is 0 Å². The molecule has 2 saturated carbocycles. The van der Waals surface area contributed by atoms with E-state index < -0.39 is 5.97 Å². The Hall–Kier alpha value is -1.52. The zero-order valence-corrected chi connectivity index (χ0v) is 11.5. The van der Waals surface area contributed by atoms with Gasteiger partial charge in [0.05, 0.1) is 13.4 Å². The molecule has 1 aromatic heterocycles. The molecule has 2 bridgehead atoms. The van der Waals surface area contributed by atoms with E-state index in [4.69, 9.17) is 10.5 Å². The molecule has 0 aliphatic heterocycles. The summed E-state index contributed by atoms with van der Waals surface area (Å²) in [6.07, 6.45) is 7.07. The van der Waals surface area contributed by atoms with Crippen LogP contribution >= 0.6 is 0 Å². The Morgan fingerprint density at radius 3 is 2.89 bits per heavy atom. The molecule has 2 N–H and O–H groups in total. The Balaban J connectivity index is 1.82. The third-order valence-electron chi connectivity index (χ3n) is 5.06. The van der Waals surface area contributed by atoms with Crippen LogP contribution in [-0.2, 0) is 4.74 Å². The second-order valence-electron chi connectivity index (χ2n) is 5.96. The minimum atomic E-state index is -0.462. The Morgan fingerprint density at radius 2 is 2.32 bits per heavy atom. The Kier molecular flexibility index (Phi) is 2.99. The number of hydrogen-bond donors (Lipinski definition) is 1. The van der Waals surface area contributed by atoms with E-state index in [2.05, 4.69) is 11.9 Å². The highest BCUT2D eigenvalue weighted by atomic mass is 16.5. The minimum absolute atomic E-state index is 0.234. The Morgan fingerprint density at radius 1 is 1.53 bits per heavy atom. The molecule has 5 nitrogen and oxygen atoms in total. The molecule has 2 aliphatic rings. The number of ether oxygens (including phenoxy) is 1. The number of carbonyl (C=O) groups excluding carboxylic acids is 1. The molecule has 0 amide bonds. The van der Waals surface area contributed by atoms with Crippen molar-refractivity contribution in [2.45, 2.75) is 38.6 Å². The predicted octanol–water partition coefficient (Wildman–Crippen LogP) is 2.25. The third-order valence-corrected chi connectivity index (χ3v) is 5.06. The number of nitrogens with zero attached hydrogens (tertiary/aromatic N) is 2. The average molecular weight is 263 g/mol. The van der Waals surface area contributed by atoms with E-state index in [0.717, 1.165) is 11.8 Å². The lowest BCUT2D eigenvalue weighted by atomic mass is 9.84. The highest BCUT2D eigenvalue weighted by Gasteiger charge is 2.42. The number of nitrogens with two attached hydrogens (primary N) is 1. The van der Waals surface area contributed by atoms with Gasteiger partial charge in [-0.3, -0.25) is 0 Å². The number of esters is 1. The number of fused-ring (bicyclic) bond motifs is 2. The highest BCUT2D eigenvalue weighted by Crippen LogP contribution is 2.52. The molecule has 0 spiro atoms. The lowest BCUT2D eigenvalue weighted by Gasteiger charge is -2.29. The number of rotatable bonds is 3. The van der Waals surface area contributed by atoms with Crippen molar-refractivity contribution in [3.05, 3.63) is 12.0 Å². The first-order chi connectivity index (χ1) is 9.11. The quantitative estimate of drug-likeness (QED) is 0.849. The summed E-state index contributed by atoms with van der Waals surface area (Å²) in [6, 6.07) is 0.307. The van der Waals surface area contributed by atoms with Crippen LogP contribution in [0.5, 0.6) is 0 Å². The van der Waals surface area contributed by atoms with Gasteiger partial charge in [0.1, 0.15) is 5.82 Å². The number of anilines is 1. The summed E-state index contributed by atoms with van der Waals surface area (Å²) in [7, 11) is 1.35. The van der Waals surface area contributed by atoms with Crippen molar-refractivity contribution in [3.63, 3.8) is 0 Å². The summed E-state index contributed by atoms with van der Waals surface area (Å²) >= 11 is 0. The number of methoxy groups -OCH3 is 1. The van der Waals surface area contributed by atoms with E-state index in [-0.39, 0.29) is 5.69 Å². The van der Waals surface area contributed by atoms with Crippen molar-refractivity contribution in [2.24, 2.45) is 17.8 Å². The molecule has 0 radical (unpaired) electrons. The monoisotopic (exact) mass is 263 g/mol. The second kappa shape index (κ2) is 4.54. The molecule has 2 fully saturated rings. The fraction of sp³-hybridized carbons (Fsp3) is 0.714. The van der Waals surface area contributed by atoms with Gasteiger partial charge in [-0.25, -0.2) is 9.78 Å². The van der Waals surface area contributed by atoms with Gasteiger partial charge in [0.25, 0.3) is 0 Å². The average Bonchev–Trinajstić information content (AvgIpc) is 3.11. The van der Waals surface area contributed by atoms with E-state index in [1.807, 2.05) is 4.57 Å². The summed E-state index contributed by atoms with van der Waals surface area (Å²) in [6.45, 7) is 2.18. The van der Waals surface area contributed by atoms with E-state index in [9.17, 15) is 4.79 Å². The molecule has 5 heteroatoms. The fourth-order valence-corrected chi connectivity index (χ4v) is 4.04. The number of aromatic nitrogens is 2. The summed E-state index contributed by atoms with van der Waals surface area (Å²) < 4.78 is 6.63. The molecule has 19 heavy (non-hydrogen) atoms. The second-order valence-corrected chi connectivity index (χ2v) is 5.96. The summed E-state index contributed by atoms with van der Waals surface area (Å²) in [5, 5.41) is 0. The van der Waals surface area contributed by atoms with Crippen LogP contribution in [0.4, 0.5) is 5.82 Å². The zero-order chi connectivity index (χ0) is 13.6. The number of nitrogen functional groups attached to an aromatic ring is 1. The van der Waals surface area contributed by atoms with Crippen LogP contribution in [0.2, 0.25) is 0 Å². The van der Waals surface area contributed by atoms with Crippen molar-refractivity contribution in [2.75, 3.05) is 12.8 Å². The van der Waals surface area contributed by atoms with E-state index in [1.165, 1.54) is 32.8 Å². The van der Waals surface area contributed by atoms with E-state index in [0.29, 0.717) is 17.8 Å². The molecule has 4 atom stereocenters. The molecule has 0 aromatic carbocycles. The number of imidazole rings is 1. The highest BCUT2D eigenvalue weighted by molar-refractivity contribution is 5.92. The number of hydrogen-bond acceptors (Lipinski definition) is 4. The van der Waals surface area contributed by atoms with Crippen LogP contribution in [0.15, 0.2) is 6.33 Å². The van der Waals surface area contributed by atoms with Crippen LogP contribution in [-0.4, -0.2) is 22.6 Å². The third kappa shape index (κ3) is 1.91. The van der Waals surface area contributed by atoms with Crippen LogP contribution in [0.25, 0.3) is 0 Å².